The third kappa shape index (κ3) is 4.28. The van der Waals surface area contributed by atoms with Gasteiger partial charge in [0.05, 0.1) is 16.7 Å². The lowest BCUT2D eigenvalue weighted by atomic mass is 9.58. The number of hydrogen-bond acceptors (Lipinski definition) is 5. The average Bonchev–Trinajstić information content (AvgIpc) is 3.54. The summed E-state index contributed by atoms with van der Waals surface area (Å²) in [6.45, 7) is 7.26. The molecule has 0 unspecified atom stereocenters. The predicted molar refractivity (Wildman–Crippen MR) is 143 cm³/mol. The molecule has 1 atom stereocenters. The Morgan fingerprint density at radius 1 is 1.21 bits per heavy atom. The van der Waals surface area contributed by atoms with Gasteiger partial charge in [0.2, 0.25) is 0 Å². The molecule has 9 heteroatoms. The summed E-state index contributed by atoms with van der Waals surface area (Å²) >= 11 is 0. The molecule has 0 bridgehead atoms. The zero-order chi connectivity index (χ0) is 26.4. The number of carbonyl (C=O) groups excluding carboxylic acids is 1. The first-order chi connectivity index (χ1) is 18.3. The number of aromatic nitrogens is 5. The Morgan fingerprint density at radius 2 is 2.05 bits per heavy atom. The van der Waals surface area contributed by atoms with Crippen LogP contribution in [0, 0.1) is 11.8 Å². The van der Waals surface area contributed by atoms with Crippen LogP contribution in [0.4, 0.5) is 10.2 Å². The lowest BCUT2D eigenvalue weighted by Gasteiger charge is -2.46. The van der Waals surface area contributed by atoms with E-state index in [4.69, 9.17) is 0 Å². The Labute approximate surface area is 222 Å². The normalized spacial score (nSPS) is 23.9. The van der Waals surface area contributed by atoms with Crippen molar-refractivity contribution in [2.45, 2.75) is 51.5 Å². The summed E-state index contributed by atoms with van der Waals surface area (Å²) in [6.07, 6.45) is 11.3. The van der Waals surface area contributed by atoms with Gasteiger partial charge in [-0.05, 0) is 73.4 Å². The van der Waals surface area contributed by atoms with Crippen molar-refractivity contribution in [3.05, 3.63) is 77.8 Å². The molecule has 38 heavy (non-hydrogen) atoms. The maximum absolute atomic E-state index is 15.9. The number of aryl methyl sites for hydroxylation is 1. The third-order valence-electron chi connectivity index (χ3n) is 8.26. The molecule has 3 aromatic heterocycles. The summed E-state index contributed by atoms with van der Waals surface area (Å²) in [5, 5.41) is 8.73. The molecular formula is C29H34FN7O. The number of fused-ring (bicyclic) bond motifs is 1. The highest BCUT2D eigenvalue weighted by Gasteiger charge is 2.48. The summed E-state index contributed by atoms with van der Waals surface area (Å²) < 4.78 is 19.6. The van der Waals surface area contributed by atoms with Gasteiger partial charge in [-0.3, -0.25) is 9.69 Å². The van der Waals surface area contributed by atoms with Gasteiger partial charge in [-0.1, -0.05) is 30.5 Å². The zero-order valence-corrected chi connectivity index (χ0v) is 22.2. The standard InChI is InChI=1S/C29H34FN7O/c1-20-6-5-10-35(16-20)17-22-12-25(26-31-9-11-36(26)18-22)27(38)37(30)24-8-4-7-23(13-24)29(14-21(2)15-29)28-33-32-19-34(28)3/h4,7-9,11-13,18-21H,5-6,10,14-17H2,1-3H3/t20-,21?,29?/m0/s1. The molecule has 4 heterocycles. The van der Waals surface area contributed by atoms with E-state index >= 15 is 4.48 Å². The molecule has 0 N–H and O–H groups in total. The maximum atomic E-state index is 15.9. The molecule has 1 amide bonds. The van der Waals surface area contributed by atoms with Crippen molar-refractivity contribution in [1.82, 2.24) is 29.0 Å². The first-order valence-corrected chi connectivity index (χ1v) is 13.5. The van der Waals surface area contributed by atoms with Gasteiger partial charge < -0.3 is 8.97 Å². The second-order valence-corrected chi connectivity index (χ2v) is 11.4. The van der Waals surface area contributed by atoms with Crippen LogP contribution in [0.15, 0.2) is 55.2 Å². The van der Waals surface area contributed by atoms with Crippen LogP contribution in [0.3, 0.4) is 0 Å². The van der Waals surface area contributed by atoms with Gasteiger partial charge in [0.25, 0.3) is 5.91 Å². The number of piperidine rings is 1. The largest absolute Gasteiger partial charge is 0.320 e. The van der Waals surface area contributed by atoms with Crippen LogP contribution in [0.1, 0.15) is 66.8 Å². The SMILES string of the molecule is CC1CC(c2cccc(N(F)C(=O)c3cc(CN4CCC[C@H](C)C4)cn4ccnc34)c2)(c2nncn2C)C1. The van der Waals surface area contributed by atoms with E-state index in [9.17, 15) is 4.79 Å². The second-order valence-electron chi connectivity index (χ2n) is 11.4. The molecule has 2 fully saturated rings. The highest BCUT2D eigenvalue weighted by Crippen LogP contribution is 2.51. The van der Waals surface area contributed by atoms with Crippen molar-refractivity contribution in [1.29, 1.82) is 0 Å². The molecule has 1 aliphatic carbocycles. The Morgan fingerprint density at radius 3 is 2.79 bits per heavy atom. The minimum atomic E-state index is -0.720. The van der Waals surface area contributed by atoms with Crippen molar-refractivity contribution in [3.63, 3.8) is 0 Å². The van der Waals surface area contributed by atoms with Crippen molar-refractivity contribution in [2.75, 3.05) is 18.2 Å². The van der Waals surface area contributed by atoms with E-state index in [0.29, 0.717) is 17.5 Å². The van der Waals surface area contributed by atoms with Gasteiger partial charge in [-0.2, -0.15) is 0 Å². The number of benzene rings is 1. The van der Waals surface area contributed by atoms with E-state index < -0.39 is 5.91 Å². The van der Waals surface area contributed by atoms with Gasteiger partial charge in [-0.25, -0.2) is 4.98 Å². The Bertz CT molecular complexity index is 1470. The molecule has 198 valence electrons. The molecule has 2 aliphatic rings. The fraction of sp³-hybridized carbons (Fsp3) is 0.448. The quantitative estimate of drug-likeness (QED) is 0.340. The van der Waals surface area contributed by atoms with Crippen molar-refractivity contribution in [2.24, 2.45) is 18.9 Å². The maximum Gasteiger partial charge on any atom is 0.290 e. The van der Waals surface area contributed by atoms with Crippen molar-refractivity contribution < 1.29 is 9.28 Å². The molecule has 1 saturated heterocycles. The van der Waals surface area contributed by atoms with Crippen LogP contribution >= 0.6 is 0 Å². The number of rotatable bonds is 6. The molecule has 1 aliphatic heterocycles. The van der Waals surface area contributed by atoms with Gasteiger partial charge in [0, 0.05) is 38.7 Å². The monoisotopic (exact) mass is 515 g/mol. The van der Waals surface area contributed by atoms with Gasteiger partial charge in [0.15, 0.2) is 0 Å². The smallest absolute Gasteiger partial charge is 0.290 e. The summed E-state index contributed by atoms with van der Waals surface area (Å²) in [7, 11) is 1.93. The van der Waals surface area contributed by atoms with E-state index in [1.807, 2.05) is 34.3 Å². The highest BCUT2D eigenvalue weighted by molar-refractivity contribution is 6.08. The Balaban J connectivity index is 1.31. The van der Waals surface area contributed by atoms with Crippen LogP contribution in [0.25, 0.3) is 5.65 Å². The number of imidazole rings is 1. The summed E-state index contributed by atoms with van der Waals surface area (Å²) in [5.41, 5.74) is 2.48. The Kier molecular flexibility index (Phi) is 6.26. The third-order valence-corrected chi connectivity index (χ3v) is 8.26. The van der Waals surface area contributed by atoms with E-state index in [-0.39, 0.29) is 21.8 Å². The lowest BCUT2D eigenvalue weighted by molar-refractivity contribution is 0.0932. The molecule has 1 aromatic carbocycles. The number of amides is 1. The molecule has 0 radical (unpaired) electrons. The van der Waals surface area contributed by atoms with Crippen molar-refractivity contribution in [3.8, 4) is 0 Å². The minimum Gasteiger partial charge on any atom is -0.320 e. The number of anilines is 1. The average molecular weight is 516 g/mol. The number of pyridine rings is 1. The Hall–Kier alpha value is -3.59. The molecule has 4 aromatic rings. The van der Waals surface area contributed by atoms with E-state index in [1.54, 1.807) is 36.9 Å². The van der Waals surface area contributed by atoms with E-state index in [1.165, 1.54) is 12.8 Å². The van der Waals surface area contributed by atoms with Gasteiger partial charge >= 0.3 is 0 Å². The molecule has 0 spiro atoms. The summed E-state index contributed by atoms with van der Waals surface area (Å²) in [5.74, 6) is 1.32. The van der Waals surface area contributed by atoms with Crippen LogP contribution in [0.2, 0.25) is 0 Å². The number of hydrogen-bond donors (Lipinski definition) is 0. The minimum absolute atomic E-state index is 0.202. The molecular weight excluding hydrogens is 481 g/mol. The summed E-state index contributed by atoms with van der Waals surface area (Å²) in [4.78, 5) is 20.4. The van der Waals surface area contributed by atoms with Crippen LogP contribution in [0.5, 0.6) is 0 Å². The van der Waals surface area contributed by atoms with E-state index in [2.05, 4.69) is 33.9 Å². The second kappa shape index (κ2) is 9.62. The fourth-order valence-corrected chi connectivity index (χ4v) is 6.57. The topological polar surface area (TPSA) is 71.6 Å². The highest BCUT2D eigenvalue weighted by atomic mass is 19.2. The van der Waals surface area contributed by atoms with Crippen LogP contribution < -0.4 is 5.12 Å². The first-order valence-electron chi connectivity index (χ1n) is 13.5. The van der Waals surface area contributed by atoms with E-state index in [0.717, 1.165) is 49.4 Å². The van der Waals surface area contributed by atoms with Crippen LogP contribution in [-0.4, -0.2) is 48.0 Å². The fourth-order valence-electron chi connectivity index (χ4n) is 6.57. The number of likely N-dealkylation sites (tertiary alicyclic amines) is 1. The predicted octanol–water partition coefficient (Wildman–Crippen LogP) is 4.94. The molecule has 8 nitrogen and oxygen atoms in total. The number of halogens is 1. The van der Waals surface area contributed by atoms with Crippen molar-refractivity contribution >= 4 is 17.2 Å². The number of carbonyl (C=O) groups is 1. The van der Waals surface area contributed by atoms with Gasteiger partial charge in [-0.15, -0.1) is 15.3 Å². The zero-order valence-electron chi connectivity index (χ0n) is 22.2. The molecule has 6 rings (SSSR count). The van der Waals surface area contributed by atoms with Crippen LogP contribution in [-0.2, 0) is 19.0 Å². The number of nitrogens with zero attached hydrogens (tertiary/aromatic N) is 7. The van der Waals surface area contributed by atoms with Gasteiger partial charge in [0.1, 0.15) is 17.8 Å². The lowest BCUT2D eigenvalue weighted by Crippen LogP contribution is -2.43. The summed E-state index contributed by atoms with van der Waals surface area (Å²) in [6, 6.07) is 9.02. The molecule has 1 saturated carbocycles. The first kappa shape index (κ1) is 24.7.